The second kappa shape index (κ2) is 4.71. The molecular formula is C9H16O2Si2. The lowest BCUT2D eigenvalue weighted by Gasteiger charge is -2.40. The summed E-state index contributed by atoms with van der Waals surface area (Å²) < 4.78 is 11.2. The van der Waals surface area contributed by atoms with E-state index in [0.29, 0.717) is 0 Å². The summed E-state index contributed by atoms with van der Waals surface area (Å²) in [5.41, 5.74) is 0. The van der Waals surface area contributed by atoms with Gasteiger partial charge < -0.3 is 8.23 Å². The number of hydrogen-bond donors (Lipinski definition) is 0. The molecule has 4 heteroatoms. The molecule has 1 heterocycles. The Morgan fingerprint density at radius 2 is 1.69 bits per heavy atom. The lowest BCUT2D eigenvalue weighted by atomic mass is 10.0. The van der Waals surface area contributed by atoms with Crippen molar-refractivity contribution < 1.29 is 8.23 Å². The van der Waals surface area contributed by atoms with Crippen LogP contribution in [0.5, 0.6) is 0 Å². The van der Waals surface area contributed by atoms with E-state index < -0.39 is 19.3 Å². The summed E-state index contributed by atoms with van der Waals surface area (Å²) in [4.78, 5) is 0. The zero-order valence-electron chi connectivity index (χ0n) is 7.87. The molecule has 0 amide bonds. The van der Waals surface area contributed by atoms with Crippen LogP contribution in [0.4, 0.5) is 0 Å². The summed E-state index contributed by atoms with van der Waals surface area (Å²) in [5, 5.41) is -0.00521. The number of hydrogen-bond acceptors (Lipinski definition) is 2. The Morgan fingerprint density at radius 3 is 1.92 bits per heavy atom. The van der Waals surface area contributed by atoms with Crippen molar-refractivity contribution in [3.8, 4) is 0 Å². The van der Waals surface area contributed by atoms with Gasteiger partial charge in [0.25, 0.3) is 10.0 Å². The van der Waals surface area contributed by atoms with Gasteiger partial charge >= 0.3 is 9.28 Å². The van der Waals surface area contributed by atoms with Crippen LogP contribution in [0, 0.1) is 0 Å². The minimum Gasteiger partial charge on any atom is -0.422 e. The maximum absolute atomic E-state index is 5.58. The highest BCUT2D eigenvalue weighted by Crippen LogP contribution is 2.43. The Morgan fingerprint density at radius 1 is 1.15 bits per heavy atom. The van der Waals surface area contributed by atoms with Gasteiger partial charge in [0.2, 0.25) is 0 Å². The van der Waals surface area contributed by atoms with Gasteiger partial charge in [-0.05, 0) is 12.8 Å². The maximum atomic E-state index is 5.58. The van der Waals surface area contributed by atoms with Crippen molar-refractivity contribution >= 4 is 19.3 Å². The van der Waals surface area contributed by atoms with Gasteiger partial charge in [-0.1, -0.05) is 18.2 Å². The van der Waals surface area contributed by atoms with Gasteiger partial charge in [-0.3, -0.25) is 0 Å². The molecule has 1 saturated heterocycles. The van der Waals surface area contributed by atoms with Crippen molar-refractivity contribution in [2.75, 3.05) is 0 Å². The zero-order chi connectivity index (χ0) is 9.73. The highest BCUT2D eigenvalue weighted by atomic mass is 28.4. The number of allylic oxidation sites excluding steroid dienone is 3. The summed E-state index contributed by atoms with van der Waals surface area (Å²) in [6, 6.07) is 0. The minimum atomic E-state index is -1.49. The van der Waals surface area contributed by atoms with Crippen LogP contribution in [0.25, 0.3) is 0 Å². The van der Waals surface area contributed by atoms with Gasteiger partial charge in [-0.25, -0.2) is 0 Å². The fourth-order valence-corrected chi connectivity index (χ4v) is 6.20. The van der Waals surface area contributed by atoms with Crippen LogP contribution in [0.1, 0.15) is 12.8 Å². The lowest BCUT2D eigenvalue weighted by molar-refractivity contribution is 0.278. The first-order valence-corrected chi connectivity index (χ1v) is 7.05. The van der Waals surface area contributed by atoms with Crippen LogP contribution in [-0.2, 0) is 8.23 Å². The topological polar surface area (TPSA) is 18.5 Å². The first kappa shape index (κ1) is 10.7. The van der Waals surface area contributed by atoms with Gasteiger partial charge in [0.15, 0.2) is 0 Å². The Hall–Kier alpha value is -0.426. The third kappa shape index (κ3) is 2.08. The van der Waals surface area contributed by atoms with E-state index in [0.717, 1.165) is 12.8 Å². The zero-order valence-corrected chi connectivity index (χ0v) is 10.4. The molecule has 2 nitrogen and oxygen atoms in total. The smallest absolute Gasteiger partial charge is 0.314 e. The Bertz CT molecular complexity index is 202. The van der Waals surface area contributed by atoms with Crippen LogP contribution >= 0.6 is 0 Å². The van der Waals surface area contributed by atoms with E-state index in [1.54, 1.807) is 0 Å². The van der Waals surface area contributed by atoms with Crippen LogP contribution in [0.2, 0.25) is 5.04 Å². The Kier molecular flexibility index (Phi) is 3.86. The van der Waals surface area contributed by atoms with E-state index in [1.165, 1.54) is 0 Å². The van der Waals surface area contributed by atoms with E-state index in [1.807, 2.05) is 18.2 Å². The van der Waals surface area contributed by atoms with E-state index in [2.05, 4.69) is 19.7 Å². The molecule has 0 aromatic carbocycles. The average molecular weight is 212 g/mol. The molecule has 0 atom stereocenters. The normalized spacial score (nSPS) is 23.5. The van der Waals surface area contributed by atoms with Gasteiger partial charge in [0.05, 0.1) is 0 Å². The van der Waals surface area contributed by atoms with Crippen LogP contribution in [0.15, 0.2) is 38.0 Å². The van der Waals surface area contributed by atoms with E-state index in [-0.39, 0.29) is 5.04 Å². The largest absolute Gasteiger partial charge is 0.422 e. The first-order chi connectivity index (χ1) is 6.29. The third-order valence-electron chi connectivity index (χ3n) is 2.36. The SMILES string of the molecule is C=CCC(C=C)(CC=C)[SiH]1O[SiH2]O1. The maximum Gasteiger partial charge on any atom is 0.314 e. The molecule has 0 aromatic rings. The molecule has 0 spiro atoms. The fourth-order valence-electron chi connectivity index (χ4n) is 1.54. The summed E-state index contributed by atoms with van der Waals surface area (Å²) in [7, 11) is -2.11. The summed E-state index contributed by atoms with van der Waals surface area (Å²) in [5.74, 6) is 0. The third-order valence-corrected chi connectivity index (χ3v) is 7.52. The van der Waals surface area contributed by atoms with E-state index in [4.69, 9.17) is 8.23 Å². The predicted molar refractivity (Wildman–Crippen MR) is 60.4 cm³/mol. The quantitative estimate of drug-likeness (QED) is 0.488. The Labute approximate surface area is 83.9 Å². The van der Waals surface area contributed by atoms with Crippen molar-refractivity contribution in [2.45, 2.75) is 17.9 Å². The van der Waals surface area contributed by atoms with Gasteiger partial charge in [0, 0.05) is 5.04 Å². The molecule has 0 N–H and O–H groups in total. The monoisotopic (exact) mass is 212 g/mol. The molecule has 0 radical (unpaired) electrons. The highest BCUT2D eigenvalue weighted by molar-refractivity contribution is 6.67. The van der Waals surface area contributed by atoms with Crippen molar-refractivity contribution in [2.24, 2.45) is 0 Å². The highest BCUT2D eigenvalue weighted by Gasteiger charge is 2.42. The molecule has 0 aromatic heterocycles. The van der Waals surface area contributed by atoms with Gasteiger partial charge in [-0.15, -0.1) is 19.7 Å². The predicted octanol–water partition coefficient (Wildman–Crippen LogP) is 1.33. The van der Waals surface area contributed by atoms with Gasteiger partial charge in [0.1, 0.15) is 0 Å². The summed E-state index contributed by atoms with van der Waals surface area (Å²) >= 11 is 0. The molecule has 13 heavy (non-hydrogen) atoms. The first-order valence-electron chi connectivity index (χ1n) is 4.37. The fraction of sp³-hybridized carbons (Fsp3) is 0.333. The van der Waals surface area contributed by atoms with Crippen LogP contribution < -0.4 is 0 Å². The standard InChI is InChI=1S/C9H16O2Si2/c1-4-7-9(6-3,8-5-2)13-10-12-11-13/h4-6,13H,1-3,7-8,12H2. The molecular weight excluding hydrogens is 196 g/mol. The van der Waals surface area contributed by atoms with E-state index >= 15 is 0 Å². The lowest BCUT2D eigenvalue weighted by Crippen LogP contribution is -2.48. The molecule has 1 rings (SSSR count). The molecule has 0 saturated carbocycles. The molecule has 0 bridgehead atoms. The minimum absolute atomic E-state index is 0.00521. The molecule has 72 valence electrons. The van der Waals surface area contributed by atoms with Crippen molar-refractivity contribution in [3.05, 3.63) is 38.0 Å². The van der Waals surface area contributed by atoms with Crippen LogP contribution in [-0.4, -0.2) is 19.3 Å². The molecule has 1 aliphatic rings. The summed E-state index contributed by atoms with van der Waals surface area (Å²) in [6.07, 6.45) is 7.54. The second-order valence-electron chi connectivity index (χ2n) is 3.21. The summed E-state index contributed by atoms with van der Waals surface area (Å²) in [6.45, 7) is 11.4. The van der Waals surface area contributed by atoms with Crippen molar-refractivity contribution in [3.63, 3.8) is 0 Å². The van der Waals surface area contributed by atoms with Gasteiger partial charge in [-0.2, -0.15) is 0 Å². The van der Waals surface area contributed by atoms with E-state index in [9.17, 15) is 0 Å². The van der Waals surface area contributed by atoms with Crippen molar-refractivity contribution in [1.29, 1.82) is 0 Å². The molecule has 0 aliphatic carbocycles. The molecule has 0 unspecified atom stereocenters. The molecule has 1 fully saturated rings. The Balaban J connectivity index is 2.72. The van der Waals surface area contributed by atoms with Crippen molar-refractivity contribution in [1.82, 2.24) is 0 Å². The van der Waals surface area contributed by atoms with Crippen LogP contribution in [0.3, 0.4) is 0 Å². The second-order valence-corrected chi connectivity index (χ2v) is 7.92. The molecule has 1 aliphatic heterocycles. The number of rotatable bonds is 6. The average Bonchev–Trinajstić information content (AvgIpc) is 2.02.